The van der Waals surface area contributed by atoms with Gasteiger partial charge in [0.05, 0.1) is 21.7 Å². The average Bonchev–Trinajstić information content (AvgIpc) is 3.38. The summed E-state index contributed by atoms with van der Waals surface area (Å²) in [4.78, 5) is 17.8. The highest BCUT2D eigenvalue weighted by Gasteiger charge is 2.33. The Morgan fingerprint density at radius 1 is 1.08 bits per heavy atom. The third-order valence-electron chi connectivity index (χ3n) is 4.93. The third-order valence-corrected chi connectivity index (χ3v) is 6.18. The van der Waals surface area contributed by atoms with Gasteiger partial charge in [-0.3, -0.25) is 9.51 Å². The molecule has 0 amide bonds. The third kappa shape index (κ3) is 5.65. The molecule has 2 aromatic heterocycles. The zero-order valence-electron chi connectivity index (χ0n) is 18.0. The van der Waals surface area contributed by atoms with Crippen molar-refractivity contribution in [2.45, 2.75) is 25.4 Å². The summed E-state index contributed by atoms with van der Waals surface area (Å²) in [5.74, 6) is -2.05. The van der Waals surface area contributed by atoms with E-state index in [0.717, 1.165) is 29.5 Å². The molecular weight excluding hydrogens is 519 g/mol. The van der Waals surface area contributed by atoms with Gasteiger partial charge in [-0.1, -0.05) is 23.4 Å². The maximum absolute atomic E-state index is 14.8. The first kappa shape index (κ1) is 25.6. The number of aryl methyl sites for hydroxylation is 1. The molecule has 0 spiro atoms. The SMILES string of the molecule is Cc1nc(-c2ccc(C(F)(F)F)cc2)sc1C(OCC(F)(F)F)c1ccc(-c2noc(=O)[nH]2)c(F)c1. The Kier molecular flexibility index (Phi) is 6.75. The number of thiazole rings is 1. The molecule has 2 aromatic carbocycles. The molecule has 0 aliphatic carbocycles. The fraction of sp³-hybridized carbons (Fsp3) is 0.227. The van der Waals surface area contributed by atoms with E-state index < -0.39 is 42.2 Å². The lowest BCUT2D eigenvalue weighted by atomic mass is 10.0. The van der Waals surface area contributed by atoms with Crippen LogP contribution in [0.15, 0.2) is 51.8 Å². The molecule has 6 nitrogen and oxygen atoms in total. The standard InChI is InChI=1S/C22H14F7N3O3S/c1-10-17(36-19(30-10)11-2-5-13(6-3-11)22(27,28)29)16(34-9-21(24,25)26)12-4-7-14(15(23)8-12)18-31-20(33)35-32-18/h2-8,16H,9H2,1H3,(H,31,32,33). The first-order valence-corrected chi connectivity index (χ1v) is 10.8. The van der Waals surface area contributed by atoms with Crippen molar-refractivity contribution in [2.75, 3.05) is 6.61 Å². The zero-order valence-corrected chi connectivity index (χ0v) is 18.8. The normalized spacial score (nSPS) is 13.2. The first-order chi connectivity index (χ1) is 16.8. The van der Waals surface area contributed by atoms with Crippen molar-refractivity contribution in [1.82, 2.24) is 15.1 Å². The van der Waals surface area contributed by atoms with E-state index >= 15 is 0 Å². The number of H-pyrrole nitrogens is 1. The molecular formula is C22H14F7N3O3S. The fourth-order valence-electron chi connectivity index (χ4n) is 3.31. The molecule has 1 N–H and O–H groups in total. The second kappa shape index (κ2) is 9.50. The van der Waals surface area contributed by atoms with Gasteiger partial charge < -0.3 is 4.74 Å². The van der Waals surface area contributed by atoms with Gasteiger partial charge in [-0.25, -0.2) is 14.2 Å². The van der Waals surface area contributed by atoms with Crippen LogP contribution in [-0.4, -0.2) is 27.9 Å². The van der Waals surface area contributed by atoms with Gasteiger partial charge in [0.2, 0.25) is 0 Å². The van der Waals surface area contributed by atoms with Crippen LogP contribution in [-0.2, 0) is 10.9 Å². The van der Waals surface area contributed by atoms with Crippen LogP contribution in [0.2, 0.25) is 0 Å². The smallest absolute Gasteiger partial charge is 0.358 e. The maximum Gasteiger partial charge on any atom is 0.439 e. The topological polar surface area (TPSA) is 81.0 Å². The Morgan fingerprint density at radius 2 is 1.78 bits per heavy atom. The molecule has 0 fully saturated rings. The number of hydrogen-bond donors (Lipinski definition) is 1. The van der Waals surface area contributed by atoms with Crippen molar-refractivity contribution < 1.29 is 40.0 Å². The maximum atomic E-state index is 14.8. The van der Waals surface area contributed by atoms with E-state index in [-0.39, 0.29) is 32.5 Å². The van der Waals surface area contributed by atoms with Gasteiger partial charge in [0.1, 0.15) is 23.5 Å². The summed E-state index contributed by atoms with van der Waals surface area (Å²) in [6.45, 7) is -0.154. The van der Waals surface area contributed by atoms with Crippen molar-refractivity contribution in [1.29, 1.82) is 0 Å². The molecule has 0 radical (unpaired) electrons. The average molecular weight is 533 g/mol. The van der Waals surface area contributed by atoms with Crippen molar-refractivity contribution >= 4 is 11.3 Å². The van der Waals surface area contributed by atoms with Crippen LogP contribution in [0.5, 0.6) is 0 Å². The number of nitrogens with one attached hydrogen (secondary N) is 1. The number of alkyl halides is 6. The number of nitrogens with zero attached hydrogens (tertiary/aromatic N) is 2. The van der Waals surface area contributed by atoms with Crippen LogP contribution in [0, 0.1) is 12.7 Å². The van der Waals surface area contributed by atoms with Crippen LogP contribution in [0.25, 0.3) is 22.0 Å². The van der Waals surface area contributed by atoms with Gasteiger partial charge in [-0.15, -0.1) is 11.3 Å². The summed E-state index contributed by atoms with van der Waals surface area (Å²) >= 11 is 0.907. The largest absolute Gasteiger partial charge is 0.439 e. The Hall–Kier alpha value is -3.52. The van der Waals surface area contributed by atoms with Crippen LogP contribution in [0.4, 0.5) is 30.7 Å². The molecule has 0 aliphatic heterocycles. The molecule has 4 aromatic rings. The van der Waals surface area contributed by atoms with E-state index in [1.165, 1.54) is 31.2 Å². The van der Waals surface area contributed by atoms with Crippen molar-refractivity contribution in [3.8, 4) is 22.0 Å². The minimum absolute atomic E-state index is 0.0112. The number of halogens is 7. The van der Waals surface area contributed by atoms with E-state index in [2.05, 4.69) is 19.6 Å². The molecule has 36 heavy (non-hydrogen) atoms. The molecule has 0 bridgehead atoms. The predicted molar refractivity (Wildman–Crippen MR) is 114 cm³/mol. The number of hydrogen-bond acceptors (Lipinski definition) is 6. The van der Waals surface area contributed by atoms with Gasteiger partial charge in [0, 0.05) is 5.56 Å². The molecule has 1 atom stereocenters. The first-order valence-electron chi connectivity index (χ1n) is 10.0. The van der Waals surface area contributed by atoms with E-state index in [1.807, 2.05) is 0 Å². The van der Waals surface area contributed by atoms with E-state index in [0.29, 0.717) is 5.56 Å². The molecule has 4 rings (SSSR count). The van der Waals surface area contributed by atoms with E-state index in [1.54, 1.807) is 0 Å². The van der Waals surface area contributed by atoms with Crippen LogP contribution in [0.3, 0.4) is 0 Å². The van der Waals surface area contributed by atoms with Crippen LogP contribution < -0.4 is 5.76 Å². The highest BCUT2D eigenvalue weighted by atomic mass is 32.1. The van der Waals surface area contributed by atoms with Crippen LogP contribution in [0.1, 0.15) is 27.8 Å². The van der Waals surface area contributed by atoms with Crippen molar-refractivity contribution in [3.05, 3.63) is 80.5 Å². The molecule has 1 unspecified atom stereocenters. The lowest BCUT2D eigenvalue weighted by Crippen LogP contribution is -2.20. The quantitative estimate of drug-likeness (QED) is 0.295. The van der Waals surface area contributed by atoms with Gasteiger partial charge in [-0.05, 0) is 36.8 Å². The number of benzene rings is 2. The summed E-state index contributed by atoms with van der Waals surface area (Å²) < 4.78 is 102. The second-order valence-electron chi connectivity index (χ2n) is 7.53. The Bertz CT molecular complexity index is 1420. The Labute approximate surface area is 201 Å². The molecule has 0 saturated heterocycles. The zero-order chi connectivity index (χ0) is 26.3. The Morgan fingerprint density at radius 3 is 2.33 bits per heavy atom. The Balaban J connectivity index is 1.72. The lowest BCUT2D eigenvalue weighted by Gasteiger charge is -2.19. The summed E-state index contributed by atoms with van der Waals surface area (Å²) in [5, 5.41) is 3.62. The van der Waals surface area contributed by atoms with Crippen LogP contribution >= 0.6 is 11.3 Å². The lowest BCUT2D eigenvalue weighted by molar-refractivity contribution is -0.182. The summed E-state index contributed by atoms with van der Waals surface area (Å²) in [7, 11) is 0. The van der Waals surface area contributed by atoms with E-state index in [4.69, 9.17) is 4.74 Å². The monoisotopic (exact) mass is 533 g/mol. The van der Waals surface area contributed by atoms with E-state index in [9.17, 15) is 35.5 Å². The predicted octanol–water partition coefficient (Wildman–Crippen LogP) is 6.29. The van der Waals surface area contributed by atoms with Crippen molar-refractivity contribution in [3.63, 3.8) is 0 Å². The highest BCUT2D eigenvalue weighted by Crippen LogP contribution is 2.39. The fourth-order valence-corrected chi connectivity index (χ4v) is 4.46. The molecule has 14 heteroatoms. The number of ether oxygens (including phenoxy) is 1. The molecule has 0 aliphatic rings. The molecule has 0 saturated carbocycles. The summed E-state index contributed by atoms with van der Waals surface area (Å²) in [6.07, 6.45) is -10.6. The highest BCUT2D eigenvalue weighted by molar-refractivity contribution is 7.15. The van der Waals surface area contributed by atoms with Gasteiger partial charge in [0.15, 0.2) is 5.82 Å². The van der Waals surface area contributed by atoms with Gasteiger partial charge in [0.25, 0.3) is 0 Å². The minimum atomic E-state index is -4.69. The molecule has 190 valence electrons. The summed E-state index contributed by atoms with van der Waals surface area (Å²) in [5.41, 5.74) is -0.446. The second-order valence-corrected chi connectivity index (χ2v) is 8.56. The molecule has 2 heterocycles. The summed E-state index contributed by atoms with van der Waals surface area (Å²) in [6, 6.07) is 7.55. The van der Waals surface area contributed by atoms with Gasteiger partial charge in [-0.2, -0.15) is 26.3 Å². The number of aromatic nitrogens is 3. The van der Waals surface area contributed by atoms with Gasteiger partial charge >= 0.3 is 18.1 Å². The number of aromatic amines is 1. The number of rotatable bonds is 6. The van der Waals surface area contributed by atoms with Crippen molar-refractivity contribution in [2.24, 2.45) is 0 Å². The minimum Gasteiger partial charge on any atom is -0.358 e.